The quantitative estimate of drug-likeness (QED) is 0.296. The Kier molecular flexibility index (Phi) is 5.50. The molecule has 2 aliphatic heterocycles. The van der Waals surface area contributed by atoms with E-state index in [4.69, 9.17) is 4.98 Å². The minimum Gasteiger partial charge on any atom is -0.360 e. The molecular weight excluding hydrogens is 512 g/mol. The maximum atomic E-state index is 14.1. The molecule has 1 saturated carbocycles. The van der Waals surface area contributed by atoms with Crippen LogP contribution in [0.1, 0.15) is 61.1 Å². The van der Waals surface area contributed by atoms with Gasteiger partial charge in [0, 0.05) is 35.4 Å². The predicted molar refractivity (Wildman–Crippen MR) is 161 cm³/mol. The van der Waals surface area contributed by atoms with Gasteiger partial charge in [0.2, 0.25) is 5.91 Å². The molecule has 8 nitrogen and oxygen atoms in total. The number of imidazole rings is 1. The Morgan fingerprint density at radius 2 is 1.85 bits per heavy atom. The predicted octanol–water partition coefficient (Wildman–Crippen LogP) is 5.15. The second-order valence-corrected chi connectivity index (χ2v) is 13.1. The number of fused-ring (bicyclic) bond motifs is 2. The van der Waals surface area contributed by atoms with E-state index in [-0.39, 0.29) is 34.7 Å². The van der Waals surface area contributed by atoms with Crippen LogP contribution in [0.25, 0.3) is 27.6 Å². The molecule has 4 aromatic rings. The third kappa shape index (κ3) is 3.76. The van der Waals surface area contributed by atoms with Crippen molar-refractivity contribution in [2.45, 2.75) is 65.1 Å². The van der Waals surface area contributed by atoms with Crippen LogP contribution in [-0.2, 0) is 4.79 Å². The Morgan fingerprint density at radius 1 is 1.10 bits per heavy atom. The summed E-state index contributed by atoms with van der Waals surface area (Å²) < 4.78 is 0. The summed E-state index contributed by atoms with van der Waals surface area (Å²) in [6.07, 6.45) is 1.58. The van der Waals surface area contributed by atoms with E-state index < -0.39 is 6.04 Å². The van der Waals surface area contributed by atoms with E-state index in [9.17, 15) is 9.59 Å². The molecule has 2 aromatic heterocycles. The first-order valence-electron chi connectivity index (χ1n) is 14.6. The molecule has 0 radical (unpaired) electrons. The second kappa shape index (κ2) is 8.71. The Bertz CT molecular complexity index is 1680. The van der Waals surface area contributed by atoms with Gasteiger partial charge in [0.15, 0.2) is 5.82 Å². The van der Waals surface area contributed by atoms with E-state index in [0.717, 1.165) is 46.4 Å². The van der Waals surface area contributed by atoms with E-state index in [1.54, 1.807) is 0 Å². The van der Waals surface area contributed by atoms with Crippen molar-refractivity contribution in [3.05, 3.63) is 71.7 Å². The SMILES string of the molecule is C=C(c1nc2ccccc2[nH]1)N1CC23CC2N(C(=O)[C@H](CC(C)C)NC(=O)c2cc4cc(C)c(C)cc4[nH]2)C[C@@]13C. The van der Waals surface area contributed by atoms with Crippen LogP contribution < -0.4 is 5.32 Å². The first kappa shape index (κ1) is 25.9. The summed E-state index contributed by atoms with van der Waals surface area (Å²) in [5.41, 5.74) is 6.42. The molecule has 4 heterocycles. The smallest absolute Gasteiger partial charge is 0.268 e. The number of para-hydroxylation sites is 2. The maximum Gasteiger partial charge on any atom is 0.268 e. The molecule has 3 aliphatic rings. The van der Waals surface area contributed by atoms with E-state index in [0.29, 0.717) is 18.7 Å². The number of hydrogen-bond donors (Lipinski definition) is 3. The van der Waals surface area contributed by atoms with Crippen molar-refractivity contribution < 1.29 is 9.59 Å². The number of aromatic nitrogens is 3. The van der Waals surface area contributed by atoms with Crippen LogP contribution in [0.15, 0.2) is 49.0 Å². The number of piperidine rings is 1. The average molecular weight is 551 g/mol. The minimum atomic E-state index is -0.580. The van der Waals surface area contributed by atoms with Gasteiger partial charge in [-0.1, -0.05) is 32.6 Å². The number of amides is 2. The normalized spacial score (nSPS) is 25.3. The van der Waals surface area contributed by atoms with Gasteiger partial charge in [-0.2, -0.15) is 0 Å². The lowest BCUT2D eigenvalue weighted by Crippen LogP contribution is -2.67. The van der Waals surface area contributed by atoms with E-state index in [1.165, 1.54) is 11.1 Å². The van der Waals surface area contributed by atoms with Crippen LogP contribution in [0.2, 0.25) is 0 Å². The van der Waals surface area contributed by atoms with Gasteiger partial charge in [0.25, 0.3) is 5.91 Å². The average Bonchev–Trinajstić information content (AvgIpc) is 3.24. The van der Waals surface area contributed by atoms with Crippen molar-refractivity contribution in [3.63, 3.8) is 0 Å². The molecule has 1 aliphatic carbocycles. The van der Waals surface area contributed by atoms with E-state index in [1.807, 2.05) is 35.2 Å². The third-order valence-corrected chi connectivity index (χ3v) is 10.1. The van der Waals surface area contributed by atoms with Crippen molar-refractivity contribution in [2.75, 3.05) is 13.1 Å². The van der Waals surface area contributed by atoms with Crippen LogP contribution in [-0.4, -0.2) is 67.3 Å². The summed E-state index contributed by atoms with van der Waals surface area (Å²) in [4.78, 5) is 43.3. The van der Waals surface area contributed by atoms with Gasteiger partial charge in [-0.25, -0.2) is 4.98 Å². The Balaban J connectivity index is 1.10. The number of rotatable bonds is 7. The monoisotopic (exact) mass is 550 g/mol. The van der Waals surface area contributed by atoms with Gasteiger partial charge in [-0.3, -0.25) is 9.59 Å². The van der Waals surface area contributed by atoms with Crippen molar-refractivity contribution in [3.8, 4) is 0 Å². The third-order valence-electron chi connectivity index (χ3n) is 10.1. The van der Waals surface area contributed by atoms with Crippen LogP contribution in [0.4, 0.5) is 0 Å². The summed E-state index contributed by atoms with van der Waals surface area (Å²) >= 11 is 0. The van der Waals surface area contributed by atoms with Gasteiger partial charge in [0.05, 0.1) is 22.3 Å². The number of likely N-dealkylation sites (tertiary alicyclic amines) is 2. The van der Waals surface area contributed by atoms with Gasteiger partial charge in [-0.15, -0.1) is 0 Å². The fourth-order valence-corrected chi connectivity index (χ4v) is 7.43. The molecule has 8 heteroatoms. The fourth-order valence-electron chi connectivity index (χ4n) is 7.43. The number of nitrogens with zero attached hydrogens (tertiary/aromatic N) is 3. The summed E-state index contributed by atoms with van der Waals surface area (Å²) in [5.74, 6) is 0.804. The number of H-pyrrole nitrogens is 2. The van der Waals surface area contributed by atoms with E-state index in [2.05, 4.69) is 73.5 Å². The lowest BCUT2D eigenvalue weighted by molar-refractivity contribution is -0.134. The number of hydrogen-bond acceptors (Lipinski definition) is 4. The zero-order valence-electron chi connectivity index (χ0n) is 24.5. The minimum absolute atomic E-state index is 0.0154. The topological polar surface area (TPSA) is 97.1 Å². The number of aromatic amines is 2. The van der Waals surface area contributed by atoms with Crippen molar-refractivity contribution in [1.82, 2.24) is 30.1 Å². The van der Waals surface area contributed by atoms with Crippen LogP contribution in [0.5, 0.6) is 0 Å². The highest BCUT2D eigenvalue weighted by Gasteiger charge is 2.81. The molecular formula is C33H38N6O2. The molecule has 2 aromatic carbocycles. The van der Waals surface area contributed by atoms with Crippen LogP contribution in [0.3, 0.4) is 0 Å². The van der Waals surface area contributed by atoms with E-state index >= 15 is 0 Å². The Hall–Kier alpha value is -4.07. The van der Waals surface area contributed by atoms with Gasteiger partial charge in [-0.05, 0) is 81.0 Å². The molecule has 2 amide bonds. The maximum absolute atomic E-state index is 14.1. The number of carbonyl (C=O) groups is 2. The van der Waals surface area contributed by atoms with Gasteiger partial charge in [0.1, 0.15) is 11.7 Å². The number of aryl methyl sites for hydroxylation is 2. The van der Waals surface area contributed by atoms with Crippen LogP contribution >= 0.6 is 0 Å². The number of benzene rings is 2. The highest BCUT2D eigenvalue weighted by atomic mass is 16.2. The lowest BCUT2D eigenvalue weighted by Gasteiger charge is -2.57. The zero-order chi connectivity index (χ0) is 28.8. The first-order valence-corrected chi connectivity index (χ1v) is 14.6. The van der Waals surface area contributed by atoms with Crippen molar-refractivity contribution in [1.29, 1.82) is 0 Å². The van der Waals surface area contributed by atoms with Crippen molar-refractivity contribution in [2.24, 2.45) is 11.3 Å². The summed E-state index contributed by atoms with van der Waals surface area (Å²) in [6.45, 7) is 16.5. The summed E-state index contributed by atoms with van der Waals surface area (Å²) in [6, 6.07) is 13.6. The summed E-state index contributed by atoms with van der Waals surface area (Å²) in [7, 11) is 0. The molecule has 3 fully saturated rings. The molecule has 41 heavy (non-hydrogen) atoms. The molecule has 0 bridgehead atoms. The van der Waals surface area contributed by atoms with Crippen molar-refractivity contribution >= 4 is 39.4 Å². The highest BCUT2D eigenvalue weighted by molar-refractivity contribution is 6.00. The molecule has 4 atom stereocenters. The second-order valence-electron chi connectivity index (χ2n) is 13.1. The highest BCUT2D eigenvalue weighted by Crippen LogP contribution is 2.71. The zero-order valence-corrected chi connectivity index (χ0v) is 24.5. The lowest BCUT2D eigenvalue weighted by atomic mass is 9.73. The van der Waals surface area contributed by atoms with Gasteiger partial charge >= 0.3 is 0 Å². The molecule has 3 N–H and O–H groups in total. The largest absolute Gasteiger partial charge is 0.360 e. The fraction of sp³-hybridized carbons (Fsp3) is 0.424. The molecule has 1 spiro atoms. The Labute approximate surface area is 240 Å². The molecule has 212 valence electrons. The Morgan fingerprint density at radius 3 is 2.61 bits per heavy atom. The van der Waals surface area contributed by atoms with Crippen LogP contribution in [0, 0.1) is 25.2 Å². The first-order chi connectivity index (χ1) is 19.5. The molecule has 7 rings (SSSR count). The standard InChI is InChI=1S/C33H38N6O2/c1-18(2)11-27(37-30(40)26-14-22-12-19(3)20(4)13-25(22)34-26)31(41)38-16-32(6)33(15-28(33)38)17-39(32)21(5)29-35-23-9-7-8-10-24(23)36-29/h7-10,12-14,18,27-28,34H,5,11,15-17H2,1-4,6H3,(H,35,36)(H,37,40)/t27-,28?,32+,33?/m0/s1. The molecule has 2 unspecified atom stereocenters. The number of carbonyl (C=O) groups excluding carboxylic acids is 2. The molecule has 2 saturated heterocycles. The van der Waals surface area contributed by atoms with Gasteiger partial charge < -0.3 is 25.1 Å². The number of nitrogens with one attached hydrogen (secondary N) is 3. The summed E-state index contributed by atoms with van der Waals surface area (Å²) in [5, 5.41) is 4.10.